The molecule has 0 aromatic heterocycles. The van der Waals surface area contributed by atoms with E-state index in [0.717, 1.165) is 13.1 Å². The number of nitrogens with zero attached hydrogens (tertiary/aromatic N) is 2. The number of likely N-dealkylation sites (tertiary alicyclic amines) is 1. The molecular formula is C14H15FN2O3. The van der Waals surface area contributed by atoms with Crippen LogP contribution in [0.4, 0.5) is 10.1 Å². The van der Waals surface area contributed by atoms with Crippen molar-refractivity contribution in [3.63, 3.8) is 0 Å². The third-order valence-corrected chi connectivity index (χ3v) is 3.74. The molecule has 1 unspecified atom stereocenters. The molecule has 0 radical (unpaired) electrons. The molecule has 1 N–H and O–H groups in total. The zero-order valence-electron chi connectivity index (χ0n) is 10.9. The summed E-state index contributed by atoms with van der Waals surface area (Å²) in [5.74, 6) is -1.88. The molecule has 2 heterocycles. The number of carboxylic acids is 1. The third kappa shape index (κ3) is 2.33. The number of benzene rings is 1. The van der Waals surface area contributed by atoms with Crippen LogP contribution in [0.15, 0.2) is 18.2 Å². The number of carbonyl (C=O) groups is 2. The zero-order chi connectivity index (χ0) is 14.3. The van der Waals surface area contributed by atoms with Gasteiger partial charge in [-0.1, -0.05) is 0 Å². The fourth-order valence-electron chi connectivity index (χ4n) is 2.62. The molecule has 2 aliphatic heterocycles. The van der Waals surface area contributed by atoms with Gasteiger partial charge in [0.2, 0.25) is 0 Å². The molecule has 0 aliphatic carbocycles. The summed E-state index contributed by atoms with van der Waals surface area (Å²) >= 11 is 0. The molecule has 0 saturated carbocycles. The van der Waals surface area contributed by atoms with E-state index in [0.29, 0.717) is 25.1 Å². The quantitative estimate of drug-likeness (QED) is 0.847. The predicted molar refractivity (Wildman–Crippen MR) is 70.3 cm³/mol. The molecule has 3 rings (SSSR count). The second-order valence-corrected chi connectivity index (χ2v) is 5.18. The second-order valence-electron chi connectivity index (χ2n) is 5.18. The molecule has 0 bridgehead atoms. The van der Waals surface area contributed by atoms with Crippen LogP contribution in [0.3, 0.4) is 0 Å². The van der Waals surface area contributed by atoms with Crippen molar-refractivity contribution in [1.82, 2.24) is 4.90 Å². The molecular weight excluding hydrogens is 263 g/mol. The summed E-state index contributed by atoms with van der Waals surface area (Å²) in [6.07, 6.45) is 1.12. The minimum atomic E-state index is -1.00. The molecule has 1 aromatic rings. The van der Waals surface area contributed by atoms with Crippen molar-refractivity contribution >= 4 is 17.6 Å². The number of carbonyl (C=O) groups excluding carboxylic acids is 1. The van der Waals surface area contributed by atoms with Crippen molar-refractivity contribution in [3.05, 3.63) is 29.6 Å². The smallest absolute Gasteiger partial charge is 0.326 e. The third-order valence-electron chi connectivity index (χ3n) is 3.74. The lowest BCUT2D eigenvalue weighted by molar-refractivity contribution is -0.141. The van der Waals surface area contributed by atoms with Gasteiger partial charge < -0.3 is 14.9 Å². The van der Waals surface area contributed by atoms with E-state index in [1.807, 2.05) is 4.90 Å². The largest absolute Gasteiger partial charge is 0.480 e. The maximum absolute atomic E-state index is 13.6. The summed E-state index contributed by atoms with van der Waals surface area (Å²) in [6.45, 7) is 2.13. The first kappa shape index (κ1) is 12.9. The van der Waals surface area contributed by atoms with E-state index < -0.39 is 23.7 Å². The van der Waals surface area contributed by atoms with Gasteiger partial charge in [-0.2, -0.15) is 0 Å². The van der Waals surface area contributed by atoms with Gasteiger partial charge in [-0.3, -0.25) is 4.79 Å². The fraction of sp³-hybridized carbons (Fsp3) is 0.429. The Hall–Kier alpha value is -2.11. The minimum absolute atomic E-state index is 0.222. The number of rotatable bonds is 3. The molecule has 5 nitrogen and oxygen atoms in total. The van der Waals surface area contributed by atoms with Gasteiger partial charge in [0.1, 0.15) is 11.9 Å². The molecule has 2 fully saturated rings. The van der Waals surface area contributed by atoms with E-state index in [4.69, 9.17) is 5.11 Å². The van der Waals surface area contributed by atoms with Gasteiger partial charge in [-0.15, -0.1) is 0 Å². The van der Waals surface area contributed by atoms with Crippen molar-refractivity contribution in [1.29, 1.82) is 0 Å². The van der Waals surface area contributed by atoms with Gasteiger partial charge in [0.15, 0.2) is 0 Å². The molecule has 20 heavy (non-hydrogen) atoms. The number of anilines is 1. The van der Waals surface area contributed by atoms with Crippen LogP contribution in [-0.4, -0.2) is 47.6 Å². The van der Waals surface area contributed by atoms with Gasteiger partial charge in [0.25, 0.3) is 5.91 Å². The standard InChI is InChI=1S/C14H15FN2O3/c15-10-6-9(7-11(8-10)16-4-5-16)13(18)17-3-1-2-12(17)14(19)20/h6-8,12H,1-5H2,(H,19,20). The van der Waals surface area contributed by atoms with Gasteiger partial charge in [0, 0.05) is 30.9 Å². The van der Waals surface area contributed by atoms with Crippen LogP contribution in [0.2, 0.25) is 0 Å². The minimum Gasteiger partial charge on any atom is -0.480 e. The molecule has 2 saturated heterocycles. The highest BCUT2D eigenvalue weighted by molar-refractivity contribution is 5.97. The highest BCUT2D eigenvalue weighted by Gasteiger charge is 2.34. The maximum Gasteiger partial charge on any atom is 0.326 e. The lowest BCUT2D eigenvalue weighted by atomic mass is 10.1. The number of hydrogen-bond acceptors (Lipinski definition) is 3. The van der Waals surface area contributed by atoms with Gasteiger partial charge >= 0.3 is 5.97 Å². The Kier molecular flexibility index (Phi) is 3.08. The van der Waals surface area contributed by atoms with Crippen molar-refractivity contribution in [2.24, 2.45) is 0 Å². The summed E-state index contributed by atoms with van der Waals surface area (Å²) in [5, 5.41) is 9.11. The van der Waals surface area contributed by atoms with Crippen LogP contribution < -0.4 is 4.90 Å². The van der Waals surface area contributed by atoms with Crippen molar-refractivity contribution in [3.8, 4) is 0 Å². The summed E-state index contributed by atoms with van der Waals surface area (Å²) < 4.78 is 13.6. The Labute approximate surface area is 115 Å². The van der Waals surface area contributed by atoms with Gasteiger partial charge in [-0.25, -0.2) is 9.18 Å². The average molecular weight is 278 g/mol. The molecule has 6 heteroatoms. The maximum atomic E-state index is 13.6. The molecule has 0 spiro atoms. The van der Waals surface area contributed by atoms with E-state index >= 15 is 0 Å². The van der Waals surface area contributed by atoms with Crippen LogP contribution in [0.5, 0.6) is 0 Å². The van der Waals surface area contributed by atoms with E-state index in [-0.39, 0.29) is 5.56 Å². The van der Waals surface area contributed by atoms with E-state index in [2.05, 4.69) is 0 Å². The first-order valence-electron chi connectivity index (χ1n) is 6.65. The molecule has 1 atom stereocenters. The molecule has 2 aliphatic rings. The number of halogens is 1. The summed E-state index contributed by atoms with van der Waals surface area (Å²) in [4.78, 5) is 26.8. The first-order chi connectivity index (χ1) is 9.56. The number of amides is 1. The van der Waals surface area contributed by atoms with Crippen molar-refractivity contribution in [2.45, 2.75) is 18.9 Å². The average Bonchev–Trinajstić information content (AvgIpc) is 3.14. The van der Waals surface area contributed by atoms with Crippen LogP contribution >= 0.6 is 0 Å². The predicted octanol–water partition coefficient (Wildman–Crippen LogP) is 1.33. The van der Waals surface area contributed by atoms with Crippen LogP contribution in [0, 0.1) is 5.82 Å². The van der Waals surface area contributed by atoms with Gasteiger partial charge in [0.05, 0.1) is 0 Å². The van der Waals surface area contributed by atoms with E-state index in [9.17, 15) is 14.0 Å². The van der Waals surface area contributed by atoms with Crippen LogP contribution in [0.1, 0.15) is 23.2 Å². The molecule has 106 valence electrons. The SMILES string of the molecule is O=C(O)C1CCCN1C(=O)c1cc(F)cc(N2CC2)c1. The van der Waals surface area contributed by atoms with Gasteiger partial charge in [-0.05, 0) is 31.0 Å². The number of carboxylic acid groups (broad SMARTS) is 1. The van der Waals surface area contributed by atoms with Crippen LogP contribution in [-0.2, 0) is 4.79 Å². The topological polar surface area (TPSA) is 60.6 Å². The Morgan fingerprint density at radius 2 is 1.95 bits per heavy atom. The van der Waals surface area contributed by atoms with Crippen molar-refractivity contribution in [2.75, 3.05) is 24.5 Å². The Balaban J connectivity index is 1.88. The molecule has 1 amide bonds. The first-order valence-corrected chi connectivity index (χ1v) is 6.65. The Morgan fingerprint density at radius 1 is 1.20 bits per heavy atom. The normalized spacial score (nSPS) is 21.1. The summed E-state index contributed by atoms with van der Waals surface area (Å²) in [5.41, 5.74) is 0.902. The fourth-order valence-corrected chi connectivity index (χ4v) is 2.62. The highest BCUT2D eigenvalue weighted by atomic mass is 19.1. The molecule has 1 aromatic carbocycles. The Morgan fingerprint density at radius 3 is 2.60 bits per heavy atom. The van der Waals surface area contributed by atoms with Crippen molar-refractivity contribution < 1.29 is 19.1 Å². The Bertz CT molecular complexity index is 572. The summed E-state index contributed by atoms with van der Waals surface area (Å²) in [7, 11) is 0. The van der Waals surface area contributed by atoms with E-state index in [1.165, 1.54) is 17.0 Å². The van der Waals surface area contributed by atoms with E-state index in [1.54, 1.807) is 6.07 Å². The monoisotopic (exact) mass is 278 g/mol. The van der Waals surface area contributed by atoms with Crippen LogP contribution in [0.25, 0.3) is 0 Å². The second kappa shape index (κ2) is 4.77. The number of aliphatic carboxylic acids is 1. The highest BCUT2D eigenvalue weighted by Crippen LogP contribution is 2.26. The number of hydrogen-bond donors (Lipinski definition) is 1. The lowest BCUT2D eigenvalue weighted by Gasteiger charge is -2.21. The zero-order valence-corrected chi connectivity index (χ0v) is 10.9. The summed E-state index contributed by atoms with van der Waals surface area (Å²) in [6, 6.07) is 3.40. The lowest BCUT2D eigenvalue weighted by Crippen LogP contribution is -2.40.